The van der Waals surface area contributed by atoms with E-state index in [9.17, 15) is 22.8 Å². The van der Waals surface area contributed by atoms with Crippen molar-refractivity contribution in [3.05, 3.63) is 52.2 Å². The first kappa shape index (κ1) is 20.9. The molecular formula is C17H17F3N2O4S. The number of hydrogen-bond acceptors (Lipinski definition) is 5. The molecule has 2 aromatic rings. The molecule has 3 N–H and O–H groups in total. The number of benzene rings is 1. The maximum atomic E-state index is 12.7. The summed E-state index contributed by atoms with van der Waals surface area (Å²) in [4.78, 5) is 24.6. The number of nitrogens with one attached hydrogen (secondary N) is 2. The number of rotatable bonds is 7. The molecule has 2 amide bonds. The lowest BCUT2D eigenvalue weighted by Gasteiger charge is -2.16. The lowest BCUT2D eigenvalue weighted by Crippen LogP contribution is -2.38. The minimum Gasteiger partial charge on any atom is -0.394 e. The lowest BCUT2D eigenvalue weighted by molar-refractivity contribution is -0.137. The van der Waals surface area contributed by atoms with Crippen LogP contribution in [0.3, 0.4) is 0 Å². The van der Waals surface area contributed by atoms with Crippen LogP contribution in [0.5, 0.6) is 0 Å². The van der Waals surface area contributed by atoms with Gasteiger partial charge in [0.1, 0.15) is 6.10 Å². The van der Waals surface area contributed by atoms with Crippen LogP contribution in [0.4, 0.5) is 18.9 Å². The van der Waals surface area contributed by atoms with Crippen LogP contribution in [0, 0.1) is 0 Å². The van der Waals surface area contributed by atoms with Crippen molar-refractivity contribution in [2.45, 2.75) is 12.3 Å². The zero-order valence-electron chi connectivity index (χ0n) is 14.0. The first-order chi connectivity index (χ1) is 12.8. The number of anilines is 1. The molecule has 0 bridgehead atoms. The van der Waals surface area contributed by atoms with E-state index in [1.807, 2.05) is 5.38 Å². The summed E-state index contributed by atoms with van der Waals surface area (Å²) >= 11 is 1.38. The van der Waals surface area contributed by atoms with E-state index in [1.165, 1.54) is 17.4 Å². The SMILES string of the molecule is O=C(NC[C@@H](OCCO)c1cccs1)C(=O)Nc1cccc(C(F)(F)F)c1. The van der Waals surface area contributed by atoms with Gasteiger partial charge in [-0.1, -0.05) is 12.1 Å². The summed E-state index contributed by atoms with van der Waals surface area (Å²) in [7, 11) is 0. The standard InChI is InChI=1S/C17H17F3N2O4S/c18-17(19,20)11-3-1-4-12(9-11)22-16(25)15(24)21-10-13(26-7-6-23)14-5-2-8-27-14/h1-5,8-9,13,23H,6-7,10H2,(H,21,24)(H,22,25)/t13-/m1/s1. The van der Waals surface area contributed by atoms with Gasteiger partial charge in [0.15, 0.2) is 0 Å². The number of hydrogen-bond donors (Lipinski definition) is 3. The summed E-state index contributed by atoms with van der Waals surface area (Å²) in [6.45, 7) is -0.184. The van der Waals surface area contributed by atoms with Crippen LogP contribution in [0.1, 0.15) is 16.5 Å². The molecule has 1 aromatic carbocycles. The van der Waals surface area contributed by atoms with Gasteiger partial charge in [0.25, 0.3) is 0 Å². The average Bonchev–Trinajstić information content (AvgIpc) is 3.15. The van der Waals surface area contributed by atoms with Crippen molar-refractivity contribution >= 4 is 28.8 Å². The number of carbonyl (C=O) groups excluding carboxylic acids is 2. The van der Waals surface area contributed by atoms with Gasteiger partial charge in [-0.3, -0.25) is 9.59 Å². The summed E-state index contributed by atoms with van der Waals surface area (Å²) in [6, 6.07) is 7.55. The van der Waals surface area contributed by atoms with E-state index in [4.69, 9.17) is 9.84 Å². The molecular weight excluding hydrogens is 385 g/mol. The quantitative estimate of drug-likeness (QED) is 0.622. The maximum Gasteiger partial charge on any atom is 0.416 e. The molecule has 0 radical (unpaired) electrons. The average molecular weight is 402 g/mol. The van der Waals surface area contributed by atoms with Crippen molar-refractivity contribution in [1.82, 2.24) is 5.32 Å². The van der Waals surface area contributed by atoms with Gasteiger partial charge in [-0.2, -0.15) is 13.2 Å². The molecule has 0 fully saturated rings. The topological polar surface area (TPSA) is 87.7 Å². The molecule has 0 spiro atoms. The summed E-state index contributed by atoms with van der Waals surface area (Å²) in [5.74, 6) is -2.11. The molecule has 1 aromatic heterocycles. The van der Waals surface area contributed by atoms with E-state index in [2.05, 4.69) is 10.6 Å². The molecule has 6 nitrogen and oxygen atoms in total. The fourth-order valence-electron chi connectivity index (χ4n) is 2.14. The Morgan fingerprint density at radius 1 is 1.19 bits per heavy atom. The molecule has 1 atom stereocenters. The lowest BCUT2D eigenvalue weighted by atomic mass is 10.2. The number of aliphatic hydroxyl groups excluding tert-OH is 1. The Balaban J connectivity index is 1.94. The van der Waals surface area contributed by atoms with Gasteiger partial charge in [-0.05, 0) is 29.6 Å². The van der Waals surface area contributed by atoms with Crippen LogP contribution in [0.15, 0.2) is 41.8 Å². The third-order valence-electron chi connectivity index (χ3n) is 3.37. The third kappa shape index (κ3) is 6.35. The second-order valence-corrected chi connectivity index (χ2v) is 6.32. The second-order valence-electron chi connectivity index (χ2n) is 5.34. The monoisotopic (exact) mass is 402 g/mol. The smallest absolute Gasteiger partial charge is 0.394 e. The number of aliphatic hydroxyl groups is 1. The Hall–Kier alpha value is -2.43. The summed E-state index contributed by atoms with van der Waals surface area (Å²) in [5, 5.41) is 15.2. The first-order valence-corrected chi connectivity index (χ1v) is 8.71. The second kappa shape index (κ2) is 9.49. The molecule has 1 heterocycles. The Bertz CT molecular complexity index is 766. The molecule has 0 saturated heterocycles. The van der Waals surface area contributed by atoms with E-state index < -0.39 is 29.7 Å². The fraction of sp³-hybridized carbons (Fsp3) is 0.294. The zero-order chi connectivity index (χ0) is 19.9. The van der Waals surface area contributed by atoms with Crippen LogP contribution in [0.25, 0.3) is 0 Å². The minimum absolute atomic E-state index is 0.0324. The number of ether oxygens (including phenoxy) is 1. The van der Waals surface area contributed by atoms with Crippen LogP contribution in [-0.2, 0) is 20.5 Å². The number of halogens is 3. The van der Waals surface area contributed by atoms with E-state index in [1.54, 1.807) is 12.1 Å². The molecule has 0 aliphatic rings. The predicted octanol–water partition coefficient (Wildman–Crippen LogP) is 2.57. The Morgan fingerprint density at radius 3 is 2.59 bits per heavy atom. The highest BCUT2D eigenvalue weighted by Gasteiger charge is 2.30. The van der Waals surface area contributed by atoms with Gasteiger partial charge in [-0.15, -0.1) is 11.3 Å². The van der Waals surface area contributed by atoms with Crippen LogP contribution < -0.4 is 10.6 Å². The largest absolute Gasteiger partial charge is 0.416 e. The minimum atomic E-state index is -4.55. The number of carbonyl (C=O) groups is 2. The van der Waals surface area contributed by atoms with Gasteiger partial charge >= 0.3 is 18.0 Å². The maximum absolute atomic E-state index is 12.7. The fourth-order valence-corrected chi connectivity index (χ4v) is 2.91. The van der Waals surface area contributed by atoms with E-state index >= 15 is 0 Å². The highest BCUT2D eigenvalue weighted by Crippen LogP contribution is 2.30. The van der Waals surface area contributed by atoms with E-state index in [0.717, 1.165) is 23.1 Å². The molecule has 146 valence electrons. The highest BCUT2D eigenvalue weighted by atomic mass is 32.1. The van der Waals surface area contributed by atoms with Crippen molar-refractivity contribution in [2.75, 3.05) is 25.1 Å². The molecule has 2 rings (SSSR count). The molecule has 10 heteroatoms. The van der Waals surface area contributed by atoms with E-state index in [-0.39, 0.29) is 25.4 Å². The zero-order valence-corrected chi connectivity index (χ0v) is 14.8. The molecule has 0 unspecified atom stereocenters. The van der Waals surface area contributed by atoms with Crippen molar-refractivity contribution in [3.63, 3.8) is 0 Å². The number of alkyl halides is 3. The Kier molecular flexibility index (Phi) is 7.34. The number of thiophene rings is 1. The van der Waals surface area contributed by atoms with Crippen molar-refractivity contribution in [3.8, 4) is 0 Å². The molecule has 0 aliphatic carbocycles. The van der Waals surface area contributed by atoms with Gasteiger partial charge in [0.05, 0.1) is 18.8 Å². The van der Waals surface area contributed by atoms with Crippen LogP contribution >= 0.6 is 11.3 Å². The molecule has 27 heavy (non-hydrogen) atoms. The Labute approximate surface area is 157 Å². The number of amides is 2. The van der Waals surface area contributed by atoms with Gasteiger partial charge < -0.3 is 20.5 Å². The van der Waals surface area contributed by atoms with Gasteiger partial charge in [0, 0.05) is 17.1 Å². The third-order valence-corrected chi connectivity index (χ3v) is 4.34. The molecule has 0 saturated carbocycles. The normalized spacial score (nSPS) is 12.4. The highest BCUT2D eigenvalue weighted by molar-refractivity contribution is 7.10. The van der Waals surface area contributed by atoms with Gasteiger partial charge in [-0.25, -0.2) is 0 Å². The summed E-state index contributed by atoms with van der Waals surface area (Å²) in [5.41, 5.74) is -1.08. The summed E-state index contributed by atoms with van der Waals surface area (Å²) < 4.78 is 43.5. The van der Waals surface area contributed by atoms with E-state index in [0.29, 0.717) is 0 Å². The van der Waals surface area contributed by atoms with Gasteiger partial charge in [0.2, 0.25) is 0 Å². The predicted molar refractivity (Wildman–Crippen MR) is 93.2 cm³/mol. The van der Waals surface area contributed by atoms with Crippen LogP contribution in [-0.4, -0.2) is 36.7 Å². The first-order valence-electron chi connectivity index (χ1n) is 7.83. The van der Waals surface area contributed by atoms with Crippen LogP contribution in [0.2, 0.25) is 0 Å². The van der Waals surface area contributed by atoms with Crippen molar-refractivity contribution < 1.29 is 32.6 Å². The van der Waals surface area contributed by atoms with Crippen molar-refractivity contribution in [1.29, 1.82) is 0 Å². The van der Waals surface area contributed by atoms with Crippen molar-refractivity contribution in [2.24, 2.45) is 0 Å². The molecule has 0 aliphatic heterocycles. The summed E-state index contributed by atoms with van der Waals surface area (Å²) in [6.07, 6.45) is -5.11. The Morgan fingerprint density at radius 2 is 1.96 bits per heavy atom.